The van der Waals surface area contributed by atoms with Gasteiger partial charge in [0.15, 0.2) is 11.6 Å². The minimum Gasteiger partial charge on any atom is -0.488 e. The van der Waals surface area contributed by atoms with Crippen LogP contribution < -0.4 is 15.0 Å². The van der Waals surface area contributed by atoms with Crippen molar-refractivity contribution in [3.05, 3.63) is 17.8 Å². The Morgan fingerprint density at radius 1 is 1.22 bits per heavy atom. The average molecular weight is 270 g/mol. The summed E-state index contributed by atoms with van der Waals surface area (Å²) in [6, 6.07) is 2.06. The van der Waals surface area contributed by atoms with Crippen molar-refractivity contribution in [1.29, 1.82) is 0 Å². The summed E-state index contributed by atoms with van der Waals surface area (Å²) in [5.74, 6) is 2.05. The molecule has 2 aliphatic rings. The Morgan fingerprint density at radius 3 is 2.89 bits per heavy atom. The van der Waals surface area contributed by atoms with Crippen LogP contribution >= 0.6 is 12.4 Å². The van der Waals surface area contributed by atoms with Gasteiger partial charge in [0.2, 0.25) is 0 Å². The zero-order chi connectivity index (χ0) is 11.5. The lowest BCUT2D eigenvalue weighted by molar-refractivity contribution is 0.324. The van der Waals surface area contributed by atoms with Gasteiger partial charge in [-0.3, -0.25) is 0 Å². The summed E-state index contributed by atoms with van der Waals surface area (Å²) in [7, 11) is 0. The molecule has 5 heteroatoms. The van der Waals surface area contributed by atoms with Crippen LogP contribution in [-0.4, -0.2) is 31.2 Å². The van der Waals surface area contributed by atoms with Crippen LogP contribution in [-0.2, 0) is 6.54 Å². The third-order valence-electron chi connectivity index (χ3n) is 3.46. The average Bonchev–Trinajstić information content (AvgIpc) is 2.64. The number of nitrogens with zero attached hydrogens (tertiary/aromatic N) is 2. The molecule has 1 saturated heterocycles. The number of nitrogens with one attached hydrogen (secondary N) is 1. The molecule has 0 unspecified atom stereocenters. The van der Waals surface area contributed by atoms with Gasteiger partial charge in [-0.05, 0) is 25.3 Å². The first-order valence-electron chi connectivity index (χ1n) is 6.51. The molecule has 1 aromatic heterocycles. The summed E-state index contributed by atoms with van der Waals surface area (Å²) in [4.78, 5) is 6.90. The van der Waals surface area contributed by atoms with Crippen molar-refractivity contribution in [1.82, 2.24) is 10.3 Å². The van der Waals surface area contributed by atoms with Gasteiger partial charge in [0, 0.05) is 37.9 Å². The lowest BCUT2D eigenvalue weighted by atomic mass is 10.1. The van der Waals surface area contributed by atoms with Gasteiger partial charge in [-0.2, -0.15) is 0 Å². The third-order valence-corrected chi connectivity index (χ3v) is 3.46. The standard InChI is InChI=1S/C13H19N3O.ClH/c1-2-7-16(8-3-1)13-12-11(4-5-15-13)10-14-6-9-17-12;/h4-5,14H,1-3,6-10H2;1H. The highest BCUT2D eigenvalue weighted by Gasteiger charge is 2.20. The van der Waals surface area contributed by atoms with Crippen LogP contribution in [0.5, 0.6) is 5.75 Å². The van der Waals surface area contributed by atoms with E-state index in [2.05, 4.69) is 21.3 Å². The van der Waals surface area contributed by atoms with Gasteiger partial charge in [-0.1, -0.05) is 0 Å². The maximum absolute atomic E-state index is 5.87. The van der Waals surface area contributed by atoms with E-state index in [1.807, 2.05) is 6.20 Å². The largest absolute Gasteiger partial charge is 0.488 e. The van der Waals surface area contributed by atoms with Crippen molar-refractivity contribution < 1.29 is 4.74 Å². The van der Waals surface area contributed by atoms with E-state index in [1.54, 1.807) is 0 Å². The molecule has 0 radical (unpaired) electrons. The molecule has 2 aliphatic heterocycles. The quantitative estimate of drug-likeness (QED) is 0.846. The zero-order valence-corrected chi connectivity index (χ0v) is 11.3. The van der Waals surface area contributed by atoms with E-state index in [4.69, 9.17) is 4.74 Å². The summed E-state index contributed by atoms with van der Waals surface area (Å²) in [6.45, 7) is 4.76. The second-order valence-corrected chi connectivity index (χ2v) is 4.70. The van der Waals surface area contributed by atoms with Gasteiger partial charge in [0.25, 0.3) is 0 Å². The predicted octanol–water partition coefficient (Wildman–Crippen LogP) is 1.98. The highest BCUT2D eigenvalue weighted by molar-refractivity contribution is 5.85. The van der Waals surface area contributed by atoms with E-state index in [-0.39, 0.29) is 12.4 Å². The number of hydrogen-bond acceptors (Lipinski definition) is 4. The Balaban J connectivity index is 0.00000120. The van der Waals surface area contributed by atoms with Gasteiger partial charge in [-0.15, -0.1) is 12.4 Å². The fourth-order valence-corrected chi connectivity index (χ4v) is 2.55. The molecular formula is C13H20ClN3O. The van der Waals surface area contributed by atoms with Crippen LogP contribution in [0.2, 0.25) is 0 Å². The fourth-order valence-electron chi connectivity index (χ4n) is 2.55. The molecule has 4 nitrogen and oxygen atoms in total. The molecule has 0 aromatic carbocycles. The molecule has 1 aromatic rings. The topological polar surface area (TPSA) is 37.4 Å². The highest BCUT2D eigenvalue weighted by atomic mass is 35.5. The molecule has 0 bridgehead atoms. The molecule has 3 rings (SSSR count). The zero-order valence-electron chi connectivity index (χ0n) is 10.5. The first-order valence-corrected chi connectivity index (χ1v) is 6.51. The molecule has 0 spiro atoms. The molecular weight excluding hydrogens is 250 g/mol. The molecule has 1 fully saturated rings. The van der Waals surface area contributed by atoms with Crippen LogP contribution in [0.25, 0.3) is 0 Å². The van der Waals surface area contributed by atoms with Gasteiger partial charge in [0.05, 0.1) is 0 Å². The molecule has 0 aliphatic carbocycles. The predicted molar refractivity (Wildman–Crippen MR) is 74.8 cm³/mol. The number of aromatic nitrogens is 1. The molecule has 100 valence electrons. The van der Waals surface area contributed by atoms with Gasteiger partial charge in [0.1, 0.15) is 6.61 Å². The second-order valence-electron chi connectivity index (χ2n) is 4.70. The smallest absolute Gasteiger partial charge is 0.171 e. The van der Waals surface area contributed by atoms with E-state index in [9.17, 15) is 0 Å². The number of pyridine rings is 1. The lowest BCUT2D eigenvalue weighted by Crippen LogP contribution is -2.30. The number of anilines is 1. The number of piperidine rings is 1. The normalized spacial score (nSPS) is 19.2. The molecule has 18 heavy (non-hydrogen) atoms. The summed E-state index contributed by atoms with van der Waals surface area (Å²) in [5.41, 5.74) is 1.23. The number of rotatable bonds is 1. The molecule has 0 amide bonds. The van der Waals surface area contributed by atoms with Gasteiger partial charge < -0.3 is 15.0 Å². The Morgan fingerprint density at radius 2 is 2.06 bits per heavy atom. The van der Waals surface area contributed by atoms with Crippen LogP contribution in [0.1, 0.15) is 24.8 Å². The van der Waals surface area contributed by atoms with Gasteiger partial charge in [-0.25, -0.2) is 4.98 Å². The Bertz CT molecular complexity index is 394. The first kappa shape index (κ1) is 13.4. The summed E-state index contributed by atoms with van der Waals surface area (Å²) < 4.78 is 5.87. The minimum atomic E-state index is 0. The van der Waals surface area contributed by atoms with Crippen LogP contribution in [0.4, 0.5) is 5.82 Å². The second kappa shape index (κ2) is 6.25. The van der Waals surface area contributed by atoms with Crippen molar-refractivity contribution in [2.24, 2.45) is 0 Å². The Labute approximate surface area is 114 Å². The summed E-state index contributed by atoms with van der Waals surface area (Å²) in [5, 5.41) is 3.36. The fraction of sp³-hybridized carbons (Fsp3) is 0.615. The summed E-state index contributed by atoms with van der Waals surface area (Å²) >= 11 is 0. The molecule has 0 atom stereocenters. The number of hydrogen-bond donors (Lipinski definition) is 1. The van der Waals surface area contributed by atoms with Crippen molar-refractivity contribution in [2.75, 3.05) is 31.1 Å². The lowest BCUT2D eigenvalue weighted by Gasteiger charge is -2.29. The number of halogens is 1. The highest BCUT2D eigenvalue weighted by Crippen LogP contribution is 2.32. The Kier molecular flexibility index (Phi) is 4.66. The van der Waals surface area contributed by atoms with Crippen molar-refractivity contribution in [3.8, 4) is 5.75 Å². The van der Waals surface area contributed by atoms with Crippen LogP contribution in [0.3, 0.4) is 0 Å². The monoisotopic (exact) mass is 269 g/mol. The maximum atomic E-state index is 5.87. The summed E-state index contributed by atoms with van der Waals surface area (Å²) in [6.07, 6.45) is 5.78. The Hall–Kier alpha value is -1.00. The van der Waals surface area contributed by atoms with Gasteiger partial charge >= 0.3 is 0 Å². The van der Waals surface area contributed by atoms with Crippen LogP contribution in [0, 0.1) is 0 Å². The molecule has 1 N–H and O–H groups in total. The van der Waals surface area contributed by atoms with E-state index in [0.29, 0.717) is 0 Å². The number of ether oxygens (including phenoxy) is 1. The maximum Gasteiger partial charge on any atom is 0.171 e. The van der Waals surface area contributed by atoms with Crippen molar-refractivity contribution in [3.63, 3.8) is 0 Å². The minimum absolute atomic E-state index is 0. The molecule has 0 saturated carbocycles. The van der Waals surface area contributed by atoms with E-state index >= 15 is 0 Å². The van der Waals surface area contributed by atoms with E-state index < -0.39 is 0 Å². The van der Waals surface area contributed by atoms with Crippen molar-refractivity contribution >= 4 is 18.2 Å². The number of fused-ring (bicyclic) bond motifs is 1. The van der Waals surface area contributed by atoms with Crippen molar-refractivity contribution in [2.45, 2.75) is 25.8 Å². The first-order chi connectivity index (χ1) is 8.45. The SMILES string of the molecule is Cl.c1cc2c(c(N3CCCCC3)n1)OCCNC2. The van der Waals surface area contributed by atoms with E-state index in [1.165, 1.54) is 24.8 Å². The van der Waals surface area contributed by atoms with E-state index in [0.717, 1.165) is 44.4 Å². The van der Waals surface area contributed by atoms with Crippen LogP contribution in [0.15, 0.2) is 12.3 Å². The molecule has 3 heterocycles. The third kappa shape index (κ3) is 2.70.